The van der Waals surface area contributed by atoms with E-state index in [-0.39, 0.29) is 10.6 Å². The van der Waals surface area contributed by atoms with E-state index in [2.05, 4.69) is 24.4 Å². The Hall–Kier alpha value is -1.72. The molecule has 19 heavy (non-hydrogen) atoms. The molecule has 0 radical (unpaired) electrons. The first-order chi connectivity index (χ1) is 9.19. The van der Waals surface area contributed by atoms with Gasteiger partial charge in [-0.3, -0.25) is 10.1 Å². The number of nitro groups is 1. The molecular formula is C14H16N2O2S. The number of hydrogen-bond donors (Lipinski definition) is 1. The monoisotopic (exact) mass is 276 g/mol. The number of thiophene rings is 1. The molecule has 0 bridgehead atoms. The van der Waals surface area contributed by atoms with Crippen LogP contribution in [0.15, 0.2) is 36.4 Å². The van der Waals surface area contributed by atoms with Gasteiger partial charge in [0.15, 0.2) is 0 Å². The second kappa shape index (κ2) is 6.45. The summed E-state index contributed by atoms with van der Waals surface area (Å²) in [5.41, 5.74) is 1.19. The quantitative estimate of drug-likeness (QED) is 0.649. The highest BCUT2D eigenvalue weighted by Gasteiger charge is 2.04. The van der Waals surface area contributed by atoms with E-state index in [0.29, 0.717) is 0 Å². The number of nitro benzene ring substituents is 1. The highest BCUT2D eigenvalue weighted by Crippen LogP contribution is 2.17. The molecule has 5 heteroatoms. The summed E-state index contributed by atoms with van der Waals surface area (Å²) in [6.07, 6.45) is 1.08. The molecule has 0 amide bonds. The molecule has 1 heterocycles. The summed E-state index contributed by atoms with van der Waals surface area (Å²) in [5.74, 6) is 0. The van der Waals surface area contributed by atoms with Crippen molar-refractivity contribution in [1.29, 1.82) is 0 Å². The average Bonchev–Trinajstić information content (AvgIpc) is 2.87. The molecule has 0 spiro atoms. The van der Waals surface area contributed by atoms with Crippen molar-refractivity contribution in [2.45, 2.75) is 26.4 Å². The minimum absolute atomic E-state index is 0.134. The Morgan fingerprint density at radius 1 is 1.11 bits per heavy atom. The molecule has 0 saturated carbocycles. The van der Waals surface area contributed by atoms with E-state index >= 15 is 0 Å². The molecule has 2 rings (SSSR count). The predicted molar refractivity (Wildman–Crippen MR) is 77.3 cm³/mol. The van der Waals surface area contributed by atoms with Crippen molar-refractivity contribution in [2.75, 3.05) is 0 Å². The summed E-state index contributed by atoms with van der Waals surface area (Å²) < 4.78 is 0. The predicted octanol–water partition coefficient (Wildman–Crippen LogP) is 3.51. The molecule has 1 N–H and O–H groups in total. The molecular weight excluding hydrogens is 260 g/mol. The minimum atomic E-state index is -0.380. The number of nitrogens with one attached hydrogen (secondary N) is 1. The van der Waals surface area contributed by atoms with Gasteiger partial charge in [-0.05, 0) is 24.1 Å². The largest absolute Gasteiger partial charge is 0.308 e. The molecule has 0 unspecified atom stereocenters. The molecule has 0 fully saturated rings. The maximum Gasteiger partial charge on any atom is 0.269 e. The molecule has 0 atom stereocenters. The van der Waals surface area contributed by atoms with Crippen LogP contribution in [0, 0.1) is 10.1 Å². The zero-order valence-corrected chi connectivity index (χ0v) is 11.6. The molecule has 0 saturated heterocycles. The van der Waals surface area contributed by atoms with Crippen LogP contribution in [-0.4, -0.2) is 4.92 Å². The molecule has 1 aromatic carbocycles. The Morgan fingerprint density at radius 3 is 2.37 bits per heavy atom. The molecule has 0 aliphatic carbocycles. The third kappa shape index (κ3) is 3.87. The maximum atomic E-state index is 10.5. The van der Waals surface area contributed by atoms with Crippen LogP contribution in [0.5, 0.6) is 0 Å². The second-order valence-corrected chi connectivity index (χ2v) is 5.50. The Labute approximate surface area is 116 Å². The lowest BCUT2D eigenvalue weighted by Crippen LogP contribution is -2.11. The van der Waals surface area contributed by atoms with Gasteiger partial charge in [0.2, 0.25) is 0 Å². The number of aryl methyl sites for hydroxylation is 1. The van der Waals surface area contributed by atoms with Crippen molar-refractivity contribution >= 4 is 17.0 Å². The van der Waals surface area contributed by atoms with Crippen LogP contribution < -0.4 is 5.32 Å². The summed E-state index contributed by atoms with van der Waals surface area (Å²) in [7, 11) is 0. The Morgan fingerprint density at radius 2 is 1.79 bits per heavy atom. The van der Waals surface area contributed by atoms with Crippen LogP contribution >= 0.6 is 11.3 Å². The molecule has 100 valence electrons. The van der Waals surface area contributed by atoms with Gasteiger partial charge in [0.25, 0.3) is 5.69 Å². The third-order valence-electron chi connectivity index (χ3n) is 2.84. The Kier molecular flexibility index (Phi) is 4.65. The Bertz CT molecular complexity index is 549. The topological polar surface area (TPSA) is 55.2 Å². The van der Waals surface area contributed by atoms with Gasteiger partial charge in [0, 0.05) is 35.0 Å². The first-order valence-corrected chi connectivity index (χ1v) is 7.02. The Balaban J connectivity index is 1.83. The summed E-state index contributed by atoms with van der Waals surface area (Å²) in [6.45, 7) is 3.71. The third-order valence-corrected chi connectivity index (χ3v) is 4.07. The smallest absolute Gasteiger partial charge is 0.269 e. The van der Waals surface area contributed by atoms with Crippen molar-refractivity contribution in [1.82, 2.24) is 5.32 Å². The van der Waals surface area contributed by atoms with Gasteiger partial charge >= 0.3 is 0 Å². The number of nitrogens with zero attached hydrogens (tertiary/aromatic N) is 1. The van der Waals surface area contributed by atoms with Gasteiger partial charge in [-0.1, -0.05) is 19.1 Å². The van der Waals surface area contributed by atoms with Gasteiger partial charge in [-0.25, -0.2) is 0 Å². The van der Waals surface area contributed by atoms with E-state index in [1.54, 1.807) is 12.1 Å². The molecule has 4 nitrogen and oxygen atoms in total. The lowest BCUT2D eigenvalue weighted by molar-refractivity contribution is -0.384. The SMILES string of the molecule is CCc1ccc(CNCc2ccc([N+](=O)[O-])cc2)s1. The van der Waals surface area contributed by atoms with Gasteiger partial charge < -0.3 is 5.32 Å². The normalized spacial score (nSPS) is 10.6. The summed E-state index contributed by atoms with van der Waals surface area (Å²) >= 11 is 1.82. The van der Waals surface area contributed by atoms with Crippen molar-refractivity contribution in [2.24, 2.45) is 0 Å². The van der Waals surface area contributed by atoms with Gasteiger partial charge in [0.05, 0.1) is 4.92 Å². The number of rotatable bonds is 6. The highest BCUT2D eigenvalue weighted by atomic mass is 32.1. The number of non-ortho nitro benzene ring substituents is 1. The summed E-state index contributed by atoms with van der Waals surface area (Å²) in [4.78, 5) is 12.9. The maximum absolute atomic E-state index is 10.5. The van der Waals surface area contributed by atoms with Crippen LogP contribution in [-0.2, 0) is 19.5 Å². The lowest BCUT2D eigenvalue weighted by Gasteiger charge is -2.03. The first-order valence-electron chi connectivity index (χ1n) is 6.20. The average molecular weight is 276 g/mol. The van der Waals surface area contributed by atoms with Crippen LogP contribution in [0.4, 0.5) is 5.69 Å². The van der Waals surface area contributed by atoms with E-state index in [1.165, 1.54) is 21.9 Å². The van der Waals surface area contributed by atoms with Crippen LogP contribution in [0.3, 0.4) is 0 Å². The van der Waals surface area contributed by atoms with Gasteiger partial charge in [0.1, 0.15) is 0 Å². The minimum Gasteiger partial charge on any atom is -0.308 e. The molecule has 1 aromatic heterocycles. The standard InChI is InChI=1S/C14H16N2O2S/c1-2-13-7-8-14(19-13)10-15-9-11-3-5-12(6-4-11)16(17)18/h3-8,15H,2,9-10H2,1H3. The lowest BCUT2D eigenvalue weighted by atomic mass is 10.2. The van der Waals surface area contributed by atoms with Gasteiger partial charge in [-0.15, -0.1) is 11.3 Å². The fraction of sp³-hybridized carbons (Fsp3) is 0.286. The van der Waals surface area contributed by atoms with Crippen molar-refractivity contribution < 1.29 is 4.92 Å². The fourth-order valence-corrected chi connectivity index (χ4v) is 2.70. The molecule has 2 aromatic rings. The van der Waals surface area contributed by atoms with E-state index in [1.807, 2.05) is 11.3 Å². The van der Waals surface area contributed by atoms with Crippen molar-refractivity contribution in [3.05, 3.63) is 61.8 Å². The fourth-order valence-electron chi connectivity index (χ4n) is 1.77. The van der Waals surface area contributed by atoms with E-state index < -0.39 is 0 Å². The second-order valence-electron chi connectivity index (χ2n) is 4.25. The van der Waals surface area contributed by atoms with E-state index in [9.17, 15) is 10.1 Å². The molecule has 0 aliphatic rings. The zero-order chi connectivity index (χ0) is 13.7. The zero-order valence-electron chi connectivity index (χ0n) is 10.8. The van der Waals surface area contributed by atoms with Crippen molar-refractivity contribution in [3.63, 3.8) is 0 Å². The van der Waals surface area contributed by atoms with E-state index in [0.717, 1.165) is 25.1 Å². The number of benzene rings is 1. The van der Waals surface area contributed by atoms with Crippen LogP contribution in [0.2, 0.25) is 0 Å². The van der Waals surface area contributed by atoms with E-state index in [4.69, 9.17) is 0 Å². The van der Waals surface area contributed by atoms with Gasteiger partial charge in [-0.2, -0.15) is 0 Å². The van der Waals surface area contributed by atoms with Crippen molar-refractivity contribution in [3.8, 4) is 0 Å². The summed E-state index contributed by atoms with van der Waals surface area (Å²) in [6, 6.07) is 11.0. The van der Waals surface area contributed by atoms with Crippen LogP contribution in [0.1, 0.15) is 22.2 Å². The molecule has 0 aliphatic heterocycles. The summed E-state index contributed by atoms with van der Waals surface area (Å²) in [5, 5.41) is 13.9. The first kappa shape index (κ1) is 13.7. The van der Waals surface area contributed by atoms with Crippen LogP contribution in [0.25, 0.3) is 0 Å². The number of hydrogen-bond acceptors (Lipinski definition) is 4. The highest BCUT2D eigenvalue weighted by molar-refractivity contribution is 7.11.